The Labute approximate surface area is 199 Å². The number of anilines is 3. The first-order valence-corrected chi connectivity index (χ1v) is 11.2. The molecular weight excluding hydrogens is 432 g/mol. The fourth-order valence-corrected chi connectivity index (χ4v) is 3.94. The summed E-state index contributed by atoms with van der Waals surface area (Å²) in [5, 5.41) is 11.3. The van der Waals surface area contributed by atoms with Crippen molar-refractivity contribution in [3.05, 3.63) is 59.8 Å². The molecule has 1 aliphatic heterocycles. The highest BCUT2D eigenvalue weighted by Gasteiger charge is 2.20. The Hall–Kier alpha value is -3.94. The van der Waals surface area contributed by atoms with Crippen molar-refractivity contribution in [2.24, 2.45) is 0 Å². The third kappa shape index (κ3) is 6.10. The van der Waals surface area contributed by atoms with Gasteiger partial charge in [0.05, 0.1) is 12.8 Å². The molecule has 0 bridgehead atoms. The van der Waals surface area contributed by atoms with Gasteiger partial charge in [0.2, 0.25) is 12.3 Å². The summed E-state index contributed by atoms with van der Waals surface area (Å²) in [7, 11) is 1.59. The van der Waals surface area contributed by atoms with Crippen molar-refractivity contribution < 1.29 is 19.1 Å². The predicted molar refractivity (Wildman–Crippen MR) is 134 cm³/mol. The monoisotopic (exact) mass is 462 g/mol. The first-order valence-electron chi connectivity index (χ1n) is 11.2. The molecule has 2 aromatic rings. The number of rotatable bonds is 11. The normalized spacial score (nSPS) is 14.2. The molecule has 3 rings (SSSR count). The van der Waals surface area contributed by atoms with Gasteiger partial charge in [-0.2, -0.15) is 0 Å². The molecule has 2 aromatic carbocycles. The maximum atomic E-state index is 12.2. The van der Waals surface area contributed by atoms with Gasteiger partial charge in [0.1, 0.15) is 5.75 Å². The molecule has 8 nitrogen and oxygen atoms in total. The molecular formula is C26H30N4O4. The molecule has 178 valence electrons. The lowest BCUT2D eigenvalue weighted by molar-refractivity contribution is -0.119. The second-order valence-corrected chi connectivity index (χ2v) is 8.06. The predicted octanol–water partition coefficient (Wildman–Crippen LogP) is 4.17. The van der Waals surface area contributed by atoms with Crippen molar-refractivity contribution >= 4 is 41.4 Å². The number of piperidine rings is 1. The van der Waals surface area contributed by atoms with Crippen molar-refractivity contribution in [3.63, 3.8) is 0 Å². The van der Waals surface area contributed by atoms with Crippen LogP contribution in [0.1, 0.15) is 32.6 Å². The molecule has 8 heteroatoms. The number of benzene rings is 2. The number of aldehydes is 1. The van der Waals surface area contributed by atoms with Crippen LogP contribution in [0.4, 0.5) is 17.1 Å². The van der Waals surface area contributed by atoms with Gasteiger partial charge in [-0.1, -0.05) is 0 Å². The van der Waals surface area contributed by atoms with Gasteiger partial charge in [0.25, 0.3) is 0 Å². The molecule has 2 N–H and O–H groups in total. The van der Waals surface area contributed by atoms with Gasteiger partial charge in [-0.15, -0.1) is 0 Å². The SMILES string of the molecule is COc1ccc(N/C(C)=C(/CCN(C=O)c2ccc(N3CCCCC3=O)cc2)C(=N)C=O)cc1. The van der Waals surface area contributed by atoms with Crippen LogP contribution in [0.5, 0.6) is 5.75 Å². The molecule has 34 heavy (non-hydrogen) atoms. The first-order chi connectivity index (χ1) is 16.5. The van der Waals surface area contributed by atoms with Crippen molar-refractivity contribution in [2.75, 3.05) is 35.3 Å². The topological polar surface area (TPSA) is 103 Å². The van der Waals surface area contributed by atoms with E-state index in [1.165, 1.54) is 4.90 Å². The van der Waals surface area contributed by atoms with Crippen LogP contribution in [0.25, 0.3) is 0 Å². The average Bonchev–Trinajstić information content (AvgIpc) is 2.87. The van der Waals surface area contributed by atoms with Gasteiger partial charge in [0, 0.05) is 47.8 Å². The highest BCUT2D eigenvalue weighted by atomic mass is 16.5. The van der Waals surface area contributed by atoms with E-state index < -0.39 is 0 Å². The van der Waals surface area contributed by atoms with E-state index in [1.54, 1.807) is 18.9 Å². The summed E-state index contributed by atoms with van der Waals surface area (Å²) in [6, 6.07) is 14.6. The van der Waals surface area contributed by atoms with Crippen LogP contribution >= 0.6 is 0 Å². The molecule has 0 spiro atoms. The van der Waals surface area contributed by atoms with Crippen LogP contribution in [-0.4, -0.2) is 44.5 Å². The van der Waals surface area contributed by atoms with E-state index in [1.807, 2.05) is 48.5 Å². The molecule has 0 radical (unpaired) electrons. The number of nitrogens with one attached hydrogen (secondary N) is 2. The van der Waals surface area contributed by atoms with Gasteiger partial charge in [-0.05, 0) is 74.7 Å². The Balaban J connectivity index is 1.72. The molecule has 0 saturated carbocycles. The van der Waals surface area contributed by atoms with E-state index in [0.29, 0.717) is 49.2 Å². The van der Waals surface area contributed by atoms with Gasteiger partial charge in [0.15, 0.2) is 6.29 Å². The summed E-state index contributed by atoms with van der Waals surface area (Å²) in [6.07, 6.45) is 4.02. The number of hydrogen-bond donors (Lipinski definition) is 2. The molecule has 0 aromatic heterocycles. The number of carbonyl (C=O) groups excluding carboxylic acids is 3. The van der Waals surface area contributed by atoms with E-state index in [9.17, 15) is 14.4 Å². The Kier molecular flexibility index (Phi) is 8.56. The number of allylic oxidation sites excluding steroid dienone is 1. The largest absolute Gasteiger partial charge is 0.497 e. The zero-order valence-corrected chi connectivity index (χ0v) is 19.5. The lowest BCUT2D eigenvalue weighted by Crippen LogP contribution is -2.35. The quantitative estimate of drug-likeness (QED) is 0.385. The molecule has 0 atom stereocenters. The number of amides is 2. The van der Waals surface area contributed by atoms with E-state index in [4.69, 9.17) is 10.1 Å². The molecule has 1 fully saturated rings. The fraction of sp³-hybridized carbons (Fsp3) is 0.308. The highest BCUT2D eigenvalue weighted by molar-refractivity contribution is 6.34. The molecule has 0 aliphatic carbocycles. The smallest absolute Gasteiger partial charge is 0.226 e. The first kappa shape index (κ1) is 24.7. The maximum Gasteiger partial charge on any atom is 0.226 e. The summed E-state index contributed by atoms with van der Waals surface area (Å²) >= 11 is 0. The molecule has 0 unspecified atom stereocenters. The number of carbonyl (C=O) groups is 3. The lowest BCUT2D eigenvalue weighted by atomic mass is 10.0. The van der Waals surface area contributed by atoms with Crippen LogP contribution in [-0.2, 0) is 14.4 Å². The average molecular weight is 463 g/mol. The van der Waals surface area contributed by atoms with Crippen molar-refractivity contribution in [2.45, 2.75) is 32.6 Å². The second kappa shape index (κ2) is 11.8. The molecule has 1 heterocycles. The van der Waals surface area contributed by atoms with E-state index in [2.05, 4.69) is 5.32 Å². The van der Waals surface area contributed by atoms with E-state index in [-0.39, 0.29) is 11.6 Å². The summed E-state index contributed by atoms with van der Waals surface area (Å²) in [5.74, 6) is 0.846. The summed E-state index contributed by atoms with van der Waals surface area (Å²) < 4.78 is 5.17. The Morgan fingerprint density at radius 1 is 1.12 bits per heavy atom. The summed E-state index contributed by atoms with van der Waals surface area (Å²) in [5.41, 5.74) is 3.34. The summed E-state index contributed by atoms with van der Waals surface area (Å²) in [4.78, 5) is 38.6. The third-order valence-electron chi connectivity index (χ3n) is 5.86. The zero-order chi connectivity index (χ0) is 24.5. The maximum absolute atomic E-state index is 12.2. The van der Waals surface area contributed by atoms with Gasteiger partial charge < -0.3 is 19.9 Å². The number of nitrogens with zero attached hydrogens (tertiary/aromatic N) is 2. The minimum atomic E-state index is -0.136. The lowest BCUT2D eigenvalue weighted by Gasteiger charge is -2.27. The van der Waals surface area contributed by atoms with Crippen LogP contribution in [0.3, 0.4) is 0 Å². The standard InChI is InChI=1S/C26H30N4O4/c1-19(28-20-6-12-23(34-2)13-7-20)24(25(27)17-31)14-16-29(18-32)21-8-10-22(11-9-21)30-15-4-3-5-26(30)33/h6-13,17-18,27-28H,3-5,14-16H2,1-2H3/b24-19-,27-25?. The van der Waals surface area contributed by atoms with Crippen molar-refractivity contribution in [1.29, 1.82) is 5.41 Å². The minimum absolute atomic E-state index is 0.119. The van der Waals surface area contributed by atoms with Crippen molar-refractivity contribution in [3.8, 4) is 5.75 Å². The number of ether oxygens (including phenoxy) is 1. The van der Waals surface area contributed by atoms with Crippen LogP contribution in [0, 0.1) is 5.41 Å². The second-order valence-electron chi connectivity index (χ2n) is 8.06. The molecule has 1 saturated heterocycles. The Morgan fingerprint density at radius 2 is 1.82 bits per heavy atom. The van der Waals surface area contributed by atoms with Crippen molar-refractivity contribution in [1.82, 2.24) is 0 Å². The zero-order valence-electron chi connectivity index (χ0n) is 19.5. The van der Waals surface area contributed by atoms with Crippen LogP contribution in [0.2, 0.25) is 0 Å². The highest BCUT2D eigenvalue weighted by Crippen LogP contribution is 2.25. The van der Waals surface area contributed by atoms with Crippen LogP contribution < -0.4 is 19.9 Å². The van der Waals surface area contributed by atoms with Gasteiger partial charge >= 0.3 is 0 Å². The molecule has 2 amide bonds. The number of methoxy groups -OCH3 is 1. The third-order valence-corrected chi connectivity index (χ3v) is 5.86. The Bertz CT molecular complexity index is 1060. The van der Waals surface area contributed by atoms with Crippen LogP contribution in [0.15, 0.2) is 59.8 Å². The fourth-order valence-electron chi connectivity index (χ4n) is 3.94. The summed E-state index contributed by atoms with van der Waals surface area (Å²) in [6.45, 7) is 2.80. The van der Waals surface area contributed by atoms with E-state index >= 15 is 0 Å². The Morgan fingerprint density at radius 3 is 2.41 bits per heavy atom. The minimum Gasteiger partial charge on any atom is -0.497 e. The number of hydrogen-bond acceptors (Lipinski definition) is 6. The van der Waals surface area contributed by atoms with Gasteiger partial charge in [-0.25, -0.2) is 0 Å². The van der Waals surface area contributed by atoms with E-state index in [0.717, 1.165) is 36.4 Å². The molecule has 1 aliphatic rings. The van der Waals surface area contributed by atoms with Gasteiger partial charge in [-0.3, -0.25) is 19.8 Å².